The molecule has 0 spiro atoms. The Morgan fingerprint density at radius 2 is 1.45 bits per heavy atom. The predicted molar refractivity (Wildman–Crippen MR) is 114 cm³/mol. The molecule has 0 radical (unpaired) electrons. The van der Waals surface area contributed by atoms with Crippen LogP contribution in [-0.2, 0) is 19.9 Å². The highest BCUT2D eigenvalue weighted by Gasteiger charge is 2.84. The van der Waals surface area contributed by atoms with Crippen molar-refractivity contribution >= 4 is 11.9 Å². The lowest BCUT2D eigenvalue weighted by Gasteiger charge is -2.36. The lowest BCUT2D eigenvalue weighted by atomic mass is 9.74. The molecule has 0 bridgehead atoms. The average molecular weight is 461 g/mol. The largest absolute Gasteiger partial charge is 0.467 e. The monoisotopic (exact) mass is 461 g/mol. The number of methoxy groups -OCH3 is 1. The van der Waals surface area contributed by atoms with Gasteiger partial charge in [-0.25, -0.2) is 14.0 Å². The van der Waals surface area contributed by atoms with Gasteiger partial charge in [-0.3, -0.25) is 5.32 Å². The fourth-order valence-electron chi connectivity index (χ4n) is 5.14. The van der Waals surface area contributed by atoms with E-state index in [-0.39, 0.29) is 11.3 Å². The molecule has 4 rings (SSSR count). The summed E-state index contributed by atoms with van der Waals surface area (Å²) in [5.74, 6) is -8.26. The summed E-state index contributed by atoms with van der Waals surface area (Å²) in [6.07, 6.45) is 3.23. The fraction of sp³-hybridized carbons (Fsp3) is 0.440. The Bertz CT molecular complexity index is 997. The number of hydrogen-bond donors (Lipinski definition) is 1. The summed E-state index contributed by atoms with van der Waals surface area (Å²) >= 11 is 0. The third-order valence-corrected chi connectivity index (χ3v) is 6.80. The van der Waals surface area contributed by atoms with E-state index in [4.69, 9.17) is 9.47 Å². The first kappa shape index (κ1) is 23.3. The van der Waals surface area contributed by atoms with Gasteiger partial charge in [0.15, 0.2) is 0 Å². The van der Waals surface area contributed by atoms with Gasteiger partial charge in [-0.2, -0.15) is 8.78 Å². The standard InChI is InChI=1S/C25H26F3NO4/c1-32-22(31)24(18-13-7-3-8-14-18)25(27,28)23(26,20(29-24)17-11-5-2-6-12-17)21(30)33-19-15-9-4-10-16-19/h3-4,7-10,13-17,20,29H,2,5-6,11-12H2,1H3/t20-,23+,24+/m0/s1. The molecule has 176 valence electrons. The van der Waals surface area contributed by atoms with Crippen LogP contribution in [0.3, 0.4) is 0 Å². The molecule has 2 aromatic rings. The minimum absolute atomic E-state index is 0.0620. The summed E-state index contributed by atoms with van der Waals surface area (Å²) in [5.41, 5.74) is -6.89. The van der Waals surface area contributed by atoms with Crippen LogP contribution in [-0.4, -0.2) is 36.7 Å². The van der Waals surface area contributed by atoms with Crippen LogP contribution in [0.2, 0.25) is 0 Å². The minimum atomic E-state index is -4.51. The van der Waals surface area contributed by atoms with Crippen molar-refractivity contribution in [1.82, 2.24) is 5.32 Å². The van der Waals surface area contributed by atoms with Crippen LogP contribution in [0.4, 0.5) is 13.2 Å². The minimum Gasteiger partial charge on any atom is -0.467 e. The highest BCUT2D eigenvalue weighted by molar-refractivity contribution is 5.92. The number of halogens is 3. The van der Waals surface area contributed by atoms with E-state index in [0.717, 1.165) is 26.4 Å². The maximum atomic E-state index is 16.8. The van der Waals surface area contributed by atoms with Crippen LogP contribution in [0.1, 0.15) is 37.7 Å². The molecule has 33 heavy (non-hydrogen) atoms. The quantitative estimate of drug-likeness (QED) is 0.523. The zero-order chi connectivity index (χ0) is 23.7. The molecule has 8 heteroatoms. The highest BCUT2D eigenvalue weighted by atomic mass is 19.3. The molecule has 1 aliphatic heterocycles. The number of nitrogens with one attached hydrogen (secondary N) is 1. The Balaban J connectivity index is 1.87. The number of benzene rings is 2. The van der Waals surface area contributed by atoms with Gasteiger partial charge in [-0.05, 0) is 36.5 Å². The molecule has 5 nitrogen and oxygen atoms in total. The van der Waals surface area contributed by atoms with E-state index in [1.807, 2.05) is 0 Å². The molecule has 0 amide bonds. The molecule has 0 unspecified atom stereocenters. The lowest BCUT2D eigenvalue weighted by Crippen LogP contribution is -2.63. The molecule has 1 N–H and O–H groups in total. The summed E-state index contributed by atoms with van der Waals surface area (Å²) in [6.45, 7) is 0. The average Bonchev–Trinajstić information content (AvgIpc) is 3.04. The number of rotatable bonds is 5. The first-order chi connectivity index (χ1) is 15.8. The Labute approximate surface area is 190 Å². The number of para-hydroxylation sites is 1. The number of ether oxygens (including phenoxy) is 2. The maximum absolute atomic E-state index is 16.8. The van der Waals surface area contributed by atoms with Crippen molar-refractivity contribution in [2.24, 2.45) is 5.92 Å². The molecular weight excluding hydrogens is 435 g/mol. The normalized spacial score (nSPS) is 29.4. The predicted octanol–water partition coefficient (Wildman–Crippen LogP) is 4.56. The first-order valence-electron chi connectivity index (χ1n) is 11.0. The van der Waals surface area contributed by atoms with E-state index in [1.54, 1.807) is 24.3 Å². The second-order valence-electron chi connectivity index (χ2n) is 8.62. The van der Waals surface area contributed by atoms with Crippen LogP contribution in [0.5, 0.6) is 5.75 Å². The van der Waals surface area contributed by atoms with E-state index < -0.39 is 41.0 Å². The topological polar surface area (TPSA) is 64.6 Å². The summed E-state index contributed by atoms with van der Waals surface area (Å²) in [4.78, 5) is 26.1. The summed E-state index contributed by atoms with van der Waals surface area (Å²) in [7, 11) is 0.959. The van der Waals surface area contributed by atoms with Crippen LogP contribution in [0.25, 0.3) is 0 Å². The highest BCUT2D eigenvalue weighted by Crippen LogP contribution is 2.57. The molecule has 2 fully saturated rings. The van der Waals surface area contributed by atoms with E-state index in [0.29, 0.717) is 12.8 Å². The van der Waals surface area contributed by atoms with Crippen molar-refractivity contribution in [2.75, 3.05) is 7.11 Å². The summed E-state index contributed by atoms with van der Waals surface area (Å²) < 4.78 is 59.4. The van der Waals surface area contributed by atoms with Gasteiger partial charge in [0, 0.05) is 0 Å². The molecule has 0 aromatic heterocycles. The number of carbonyl (C=O) groups is 2. The van der Waals surface area contributed by atoms with Gasteiger partial charge in [0.25, 0.3) is 5.67 Å². The molecule has 1 saturated carbocycles. The van der Waals surface area contributed by atoms with Gasteiger partial charge in [0.1, 0.15) is 5.75 Å². The zero-order valence-corrected chi connectivity index (χ0v) is 18.2. The lowest BCUT2D eigenvalue weighted by molar-refractivity contribution is -0.198. The number of esters is 2. The molecule has 3 atom stereocenters. The van der Waals surface area contributed by atoms with Crippen molar-refractivity contribution < 1.29 is 32.2 Å². The zero-order valence-electron chi connectivity index (χ0n) is 18.2. The summed E-state index contributed by atoms with van der Waals surface area (Å²) in [5, 5.41) is 2.59. The van der Waals surface area contributed by atoms with Gasteiger partial charge >= 0.3 is 17.9 Å². The summed E-state index contributed by atoms with van der Waals surface area (Å²) in [6, 6.07) is 13.0. The van der Waals surface area contributed by atoms with Gasteiger partial charge in [-0.1, -0.05) is 67.8 Å². The van der Waals surface area contributed by atoms with Gasteiger partial charge in [-0.15, -0.1) is 0 Å². The van der Waals surface area contributed by atoms with Crippen LogP contribution < -0.4 is 10.1 Å². The Kier molecular flexibility index (Phi) is 6.22. The van der Waals surface area contributed by atoms with Crippen LogP contribution in [0, 0.1) is 5.92 Å². The van der Waals surface area contributed by atoms with Crippen LogP contribution in [0.15, 0.2) is 60.7 Å². The molecule has 2 aromatic carbocycles. The van der Waals surface area contributed by atoms with Crippen molar-refractivity contribution in [3.63, 3.8) is 0 Å². The molecule has 1 aliphatic carbocycles. The molecule has 1 saturated heterocycles. The Hall–Kier alpha value is -2.87. The van der Waals surface area contributed by atoms with E-state index in [1.165, 1.54) is 36.4 Å². The van der Waals surface area contributed by atoms with Gasteiger partial charge in [0.2, 0.25) is 5.54 Å². The molecule has 2 aliphatic rings. The van der Waals surface area contributed by atoms with Gasteiger partial charge in [0.05, 0.1) is 13.2 Å². The third kappa shape index (κ3) is 3.51. The second-order valence-corrected chi connectivity index (χ2v) is 8.62. The number of carbonyl (C=O) groups excluding carboxylic acids is 2. The first-order valence-corrected chi connectivity index (χ1v) is 11.0. The third-order valence-electron chi connectivity index (χ3n) is 6.80. The molecule has 1 heterocycles. The van der Waals surface area contributed by atoms with E-state index in [9.17, 15) is 9.59 Å². The fourth-order valence-corrected chi connectivity index (χ4v) is 5.14. The van der Waals surface area contributed by atoms with E-state index >= 15 is 13.2 Å². The second kappa shape index (κ2) is 8.82. The smallest absolute Gasteiger partial charge is 0.357 e. The Morgan fingerprint density at radius 3 is 2.03 bits per heavy atom. The van der Waals surface area contributed by atoms with Crippen molar-refractivity contribution in [3.05, 3.63) is 66.2 Å². The number of alkyl halides is 3. The Morgan fingerprint density at radius 1 is 0.879 bits per heavy atom. The maximum Gasteiger partial charge on any atom is 0.357 e. The van der Waals surface area contributed by atoms with Crippen molar-refractivity contribution in [1.29, 1.82) is 0 Å². The van der Waals surface area contributed by atoms with Crippen molar-refractivity contribution in [3.8, 4) is 5.75 Å². The number of hydrogen-bond acceptors (Lipinski definition) is 5. The van der Waals surface area contributed by atoms with Gasteiger partial charge < -0.3 is 9.47 Å². The molecular formula is C25H26F3NO4. The SMILES string of the molecule is COC(=O)[C@@]1(c2ccccc2)N[C@@H](C2CCCCC2)[C@@](F)(C(=O)Oc2ccccc2)C1(F)F. The van der Waals surface area contributed by atoms with Crippen LogP contribution >= 0.6 is 0 Å². The van der Waals surface area contributed by atoms with E-state index in [2.05, 4.69) is 5.32 Å². The van der Waals surface area contributed by atoms with Crippen molar-refractivity contribution in [2.45, 2.75) is 55.3 Å².